The third-order valence-electron chi connectivity index (χ3n) is 3.25. The van der Waals surface area contributed by atoms with E-state index in [0.717, 1.165) is 11.3 Å². The van der Waals surface area contributed by atoms with E-state index in [1.165, 1.54) is 5.56 Å². The van der Waals surface area contributed by atoms with Crippen LogP contribution in [-0.2, 0) is 16.1 Å². The highest BCUT2D eigenvalue weighted by molar-refractivity contribution is 5.38. The van der Waals surface area contributed by atoms with Gasteiger partial charge in [0, 0.05) is 11.6 Å². The van der Waals surface area contributed by atoms with Crippen molar-refractivity contribution in [3.63, 3.8) is 0 Å². The van der Waals surface area contributed by atoms with Crippen molar-refractivity contribution in [3.8, 4) is 5.75 Å². The number of hydrogen-bond acceptors (Lipinski definition) is 4. The largest absolute Gasteiger partial charge is 0.494 e. The molecule has 0 bridgehead atoms. The summed E-state index contributed by atoms with van der Waals surface area (Å²) < 4.78 is 16.8. The van der Waals surface area contributed by atoms with Crippen LogP contribution < -0.4 is 10.1 Å². The lowest BCUT2D eigenvalue weighted by molar-refractivity contribution is 0.0138. The summed E-state index contributed by atoms with van der Waals surface area (Å²) in [6.45, 7) is 10.6. The summed E-state index contributed by atoms with van der Waals surface area (Å²) in [4.78, 5) is 0. The van der Waals surface area contributed by atoms with Gasteiger partial charge in [0.05, 0.1) is 32.5 Å². The highest BCUT2D eigenvalue weighted by atomic mass is 16.5. The molecule has 0 saturated heterocycles. The monoisotopic (exact) mass is 295 g/mol. The first-order valence-electron chi connectivity index (χ1n) is 7.70. The van der Waals surface area contributed by atoms with Gasteiger partial charge in [0.1, 0.15) is 5.75 Å². The fourth-order valence-corrected chi connectivity index (χ4v) is 1.97. The van der Waals surface area contributed by atoms with Crippen molar-refractivity contribution in [1.82, 2.24) is 5.32 Å². The smallest absolute Gasteiger partial charge is 0.124 e. The van der Waals surface area contributed by atoms with Crippen LogP contribution in [0.4, 0.5) is 0 Å². The average Bonchev–Trinajstić information content (AvgIpc) is 2.47. The Labute approximate surface area is 128 Å². The molecule has 0 fully saturated rings. The normalized spacial score (nSPS) is 12.7. The average molecular weight is 295 g/mol. The van der Waals surface area contributed by atoms with Gasteiger partial charge in [0.15, 0.2) is 0 Å². The predicted octanol–water partition coefficient (Wildman–Crippen LogP) is 3.31. The minimum Gasteiger partial charge on any atom is -0.494 e. The SMILES string of the molecule is CCOc1ccc(C(C)NC)cc1COCCOC(C)C. The second kappa shape index (κ2) is 9.77. The molecule has 1 N–H and O–H groups in total. The Morgan fingerprint density at radius 3 is 2.52 bits per heavy atom. The van der Waals surface area contributed by atoms with Crippen molar-refractivity contribution in [3.05, 3.63) is 29.3 Å². The van der Waals surface area contributed by atoms with E-state index >= 15 is 0 Å². The minimum absolute atomic E-state index is 0.243. The molecule has 4 heteroatoms. The fourth-order valence-electron chi connectivity index (χ4n) is 1.97. The molecular weight excluding hydrogens is 266 g/mol. The molecular formula is C17H29NO3. The number of rotatable bonds is 10. The van der Waals surface area contributed by atoms with E-state index in [4.69, 9.17) is 14.2 Å². The first-order chi connectivity index (χ1) is 10.1. The summed E-state index contributed by atoms with van der Waals surface area (Å²) in [5.74, 6) is 0.898. The Balaban J connectivity index is 2.63. The van der Waals surface area contributed by atoms with E-state index in [2.05, 4.69) is 24.4 Å². The summed E-state index contributed by atoms with van der Waals surface area (Å²) in [5.41, 5.74) is 2.32. The van der Waals surface area contributed by atoms with Crippen LogP contribution in [0.25, 0.3) is 0 Å². The van der Waals surface area contributed by atoms with Crippen LogP contribution in [0.3, 0.4) is 0 Å². The third kappa shape index (κ3) is 6.46. The Hall–Kier alpha value is -1.10. The predicted molar refractivity (Wildman–Crippen MR) is 85.8 cm³/mol. The standard InChI is InChI=1S/C17H29NO3/c1-6-20-17-8-7-15(14(4)18-5)11-16(17)12-19-9-10-21-13(2)3/h7-8,11,13-14,18H,6,9-10,12H2,1-5H3. The van der Waals surface area contributed by atoms with Crippen LogP contribution in [0.5, 0.6) is 5.75 Å². The molecule has 1 aromatic rings. The first kappa shape index (κ1) is 18.0. The van der Waals surface area contributed by atoms with Gasteiger partial charge in [-0.2, -0.15) is 0 Å². The maximum atomic E-state index is 5.70. The molecule has 0 aromatic heterocycles. The van der Waals surface area contributed by atoms with Gasteiger partial charge in [0.2, 0.25) is 0 Å². The first-order valence-corrected chi connectivity index (χ1v) is 7.70. The third-order valence-corrected chi connectivity index (χ3v) is 3.25. The zero-order chi connectivity index (χ0) is 15.7. The van der Waals surface area contributed by atoms with E-state index in [1.54, 1.807) is 0 Å². The molecule has 4 nitrogen and oxygen atoms in total. The molecule has 0 heterocycles. The van der Waals surface area contributed by atoms with Crippen molar-refractivity contribution in [2.24, 2.45) is 0 Å². The summed E-state index contributed by atoms with van der Waals surface area (Å²) in [6, 6.07) is 6.58. The Bertz CT molecular complexity index is 407. The molecule has 0 spiro atoms. The Morgan fingerprint density at radius 1 is 1.14 bits per heavy atom. The van der Waals surface area contributed by atoms with Crippen LogP contribution in [0.1, 0.15) is 44.9 Å². The molecule has 0 aliphatic rings. The lowest BCUT2D eigenvalue weighted by Gasteiger charge is -2.16. The minimum atomic E-state index is 0.243. The Kier molecular flexibility index (Phi) is 8.35. The van der Waals surface area contributed by atoms with E-state index in [9.17, 15) is 0 Å². The fraction of sp³-hybridized carbons (Fsp3) is 0.647. The van der Waals surface area contributed by atoms with E-state index in [-0.39, 0.29) is 6.10 Å². The van der Waals surface area contributed by atoms with E-state index in [0.29, 0.717) is 32.5 Å². The topological polar surface area (TPSA) is 39.7 Å². The lowest BCUT2D eigenvalue weighted by Crippen LogP contribution is -2.13. The number of nitrogens with one attached hydrogen (secondary N) is 1. The number of hydrogen-bond donors (Lipinski definition) is 1. The molecule has 0 saturated carbocycles. The van der Waals surface area contributed by atoms with Gasteiger partial charge in [-0.3, -0.25) is 0 Å². The van der Waals surface area contributed by atoms with Crippen molar-refractivity contribution >= 4 is 0 Å². The van der Waals surface area contributed by atoms with Gasteiger partial charge in [-0.05, 0) is 52.4 Å². The molecule has 0 aliphatic heterocycles. The summed E-state index contributed by atoms with van der Waals surface area (Å²) in [7, 11) is 1.96. The van der Waals surface area contributed by atoms with Gasteiger partial charge < -0.3 is 19.5 Å². The second-order valence-electron chi connectivity index (χ2n) is 5.28. The lowest BCUT2D eigenvalue weighted by atomic mass is 10.0. The van der Waals surface area contributed by atoms with Gasteiger partial charge in [-0.25, -0.2) is 0 Å². The highest BCUT2D eigenvalue weighted by Crippen LogP contribution is 2.24. The van der Waals surface area contributed by atoms with Crippen molar-refractivity contribution in [1.29, 1.82) is 0 Å². The van der Waals surface area contributed by atoms with Crippen LogP contribution in [-0.4, -0.2) is 33.0 Å². The zero-order valence-electron chi connectivity index (χ0n) is 13.9. The van der Waals surface area contributed by atoms with Gasteiger partial charge in [0.25, 0.3) is 0 Å². The molecule has 0 aliphatic carbocycles. The van der Waals surface area contributed by atoms with Crippen LogP contribution in [0.15, 0.2) is 18.2 Å². The molecule has 1 atom stereocenters. The van der Waals surface area contributed by atoms with Crippen molar-refractivity contribution in [2.45, 2.75) is 46.4 Å². The highest BCUT2D eigenvalue weighted by Gasteiger charge is 2.09. The number of ether oxygens (including phenoxy) is 3. The molecule has 21 heavy (non-hydrogen) atoms. The van der Waals surface area contributed by atoms with E-state index < -0.39 is 0 Å². The van der Waals surface area contributed by atoms with Crippen LogP contribution >= 0.6 is 0 Å². The molecule has 0 radical (unpaired) electrons. The van der Waals surface area contributed by atoms with Gasteiger partial charge in [-0.15, -0.1) is 0 Å². The maximum Gasteiger partial charge on any atom is 0.124 e. The van der Waals surface area contributed by atoms with Crippen LogP contribution in [0, 0.1) is 0 Å². The van der Waals surface area contributed by atoms with Crippen molar-refractivity contribution in [2.75, 3.05) is 26.9 Å². The summed E-state index contributed by atoms with van der Waals surface area (Å²) in [5, 5.41) is 3.25. The maximum absolute atomic E-state index is 5.70. The molecule has 1 rings (SSSR count). The second-order valence-corrected chi connectivity index (χ2v) is 5.28. The summed E-state index contributed by atoms with van der Waals surface area (Å²) >= 11 is 0. The Morgan fingerprint density at radius 2 is 1.90 bits per heavy atom. The molecule has 1 unspecified atom stereocenters. The zero-order valence-corrected chi connectivity index (χ0v) is 13.9. The molecule has 1 aromatic carbocycles. The summed E-state index contributed by atoms with van der Waals surface area (Å²) in [6.07, 6.45) is 0.243. The quantitative estimate of drug-likeness (QED) is 0.672. The molecule has 0 amide bonds. The van der Waals surface area contributed by atoms with E-state index in [1.807, 2.05) is 33.9 Å². The van der Waals surface area contributed by atoms with Gasteiger partial charge in [-0.1, -0.05) is 6.07 Å². The molecule has 120 valence electrons. The van der Waals surface area contributed by atoms with Gasteiger partial charge >= 0.3 is 0 Å². The van der Waals surface area contributed by atoms with Crippen LogP contribution in [0.2, 0.25) is 0 Å². The van der Waals surface area contributed by atoms with Crippen molar-refractivity contribution < 1.29 is 14.2 Å². The number of benzene rings is 1.